The Bertz CT molecular complexity index is 224. The van der Waals surface area contributed by atoms with Crippen molar-refractivity contribution < 1.29 is 14.3 Å². The van der Waals surface area contributed by atoms with Crippen molar-refractivity contribution in [2.24, 2.45) is 0 Å². The molecule has 4 heteroatoms. The van der Waals surface area contributed by atoms with Gasteiger partial charge in [-0.2, -0.15) is 0 Å². The van der Waals surface area contributed by atoms with Gasteiger partial charge in [0.05, 0.1) is 20.8 Å². The molecule has 0 aromatic heterocycles. The maximum atomic E-state index is 10.8. The standard InChI is InChI=1S/C12H24O3Si/c1-10(15-11(2)13)6-8-12(16-3)7-4-5-9-14-12/h10H,4-9,16H2,1-3H3. The summed E-state index contributed by atoms with van der Waals surface area (Å²) in [6.07, 6.45) is 5.73. The fourth-order valence-electron chi connectivity index (χ4n) is 2.37. The Morgan fingerprint density at radius 3 is 2.81 bits per heavy atom. The molecule has 0 N–H and O–H groups in total. The van der Waals surface area contributed by atoms with E-state index < -0.39 is 0 Å². The predicted octanol–water partition coefficient (Wildman–Crippen LogP) is 1.83. The lowest BCUT2D eigenvalue weighted by atomic mass is 10.0. The summed E-state index contributed by atoms with van der Waals surface area (Å²) >= 11 is 0. The first kappa shape index (κ1) is 13.7. The van der Waals surface area contributed by atoms with Gasteiger partial charge < -0.3 is 9.47 Å². The molecule has 0 aromatic rings. The van der Waals surface area contributed by atoms with Crippen molar-refractivity contribution in [3.63, 3.8) is 0 Å². The van der Waals surface area contributed by atoms with Gasteiger partial charge in [0.1, 0.15) is 0 Å². The van der Waals surface area contributed by atoms with Crippen LogP contribution < -0.4 is 0 Å². The van der Waals surface area contributed by atoms with Crippen LogP contribution in [0.4, 0.5) is 0 Å². The van der Waals surface area contributed by atoms with Crippen LogP contribution in [0.1, 0.15) is 46.0 Å². The van der Waals surface area contributed by atoms with Crippen LogP contribution in [0.3, 0.4) is 0 Å². The molecular weight excluding hydrogens is 220 g/mol. The number of hydrogen-bond donors (Lipinski definition) is 0. The van der Waals surface area contributed by atoms with Gasteiger partial charge in [0.2, 0.25) is 0 Å². The van der Waals surface area contributed by atoms with E-state index in [9.17, 15) is 4.79 Å². The summed E-state index contributed by atoms with van der Waals surface area (Å²) in [6.45, 7) is 6.68. The lowest BCUT2D eigenvalue weighted by Gasteiger charge is -2.37. The van der Waals surface area contributed by atoms with Crippen molar-refractivity contribution in [1.29, 1.82) is 0 Å². The highest BCUT2D eigenvalue weighted by molar-refractivity contribution is 6.37. The largest absolute Gasteiger partial charge is 0.463 e. The minimum absolute atomic E-state index is 0.0282. The molecule has 0 bridgehead atoms. The molecule has 1 fully saturated rings. The smallest absolute Gasteiger partial charge is 0.302 e. The molecule has 3 nitrogen and oxygen atoms in total. The molecule has 0 radical (unpaired) electrons. The topological polar surface area (TPSA) is 35.5 Å². The molecule has 94 valence electrons. The number of carbonyl (C=O) groups is 1. The Kier molecular flexibility index (Phi) is 5.48. The molecule has 0 amide bonds. The number of carbonyl (C=O) groups excluding carboxylic acids is 1. The molecule has 0 spiro atoms. The van der Waals surface area contributed by atoms with E-state index in [0.29, 0.717) is 0 Å². The van der Waals surface area contributed by atoms with Crippen molar-refractivity contribution in [2.45, 2.75) is 63.8 Å². The van der Waals surface area contributed by atoms with Crippen molar-refractivity contribution in [1.82, 2.24) is 0 Å². The predicted molar refractivity (Wildman–Crippen MR) is 67.4 cm³/mol. The molecule has 1 aliphatic rings. The van der Waals surface area contributed by atoms with Crippen molar-refractivity contribution in [2.75, 3.05) is 6.61 Å². The summed E-state index contributed by atoms with van der Waals surface area (Å²) in [7, 11) is -0.171. The average molecular weight is 244 g/mol. The molecule has 1 saturated heterocycles. The Hall–Kier alpha value is -0.353. The Labute approximate surface area is 101 Å². The summed E-state index contributed by atoms with van der Waals surface area (Å²) in [5.74, 6) is -0.181. The summed E-state index contributed by atoms with van der Waals surface area (Å²) in [5.41, 5.74) is 0. The zero-order valence-corrected chi connectivity index (χ0v) is 12.2. The van der Waals surface area contributed by atoms with Crippen LogP contribution in [0.2, 0.25) is 6.55 Å². The van der Waals surface area contributed by atoms with E-state index in [4.69, 9.17) is 9.47 Å². The average Bonchev–Trinajstić information content (AvgIpc) is 2.27. The van der Waals surface area contributed by atoms with Gasteiger partial charge in [-0.3, -0.25) is 4.79 Å². The molecule has 16 heavy (non-hydrogen) atoms. The number of hydrogen-bond acceptors (Lipinski definition) is 3. The van der Waals surface area contributed by atoms with Gasteiger partial charge in [-0.05, 0) is 39.0 Å². The zero-order chi connectivity index (χ0) is 12.0. The van der Waals surface area contributed by atoms with E-state index in [1.807, 2.05) is 6.92 Å². The third-order valence-corrected chi connectivity index (χ3v) is 5.65. The first-order valence-electron chi connectivity index (χ1n) is 6.39. The zero-order valence-electron chi connectivity index (χ0n) is 10.8. The third-order valence-electron chi connectivity index (χ3n) is 3.45. The van der Waals surface area contributed by atoms with Crippen molar-refractivity contribution in [3.05, 3.63) is 0 Å². The summed E-state index contributed by atoms with van der Waals surface area (Å²) < 4.78 is 11.1. The number of rotatable bonds is 5. The molecule has 2 atom stereocenters. The van der Waals surface area contributed by atoms with Crippen LogP contribution in [0.15, 0.2) is 0 Å². The molecule has 0 aliphatic carbocycles. The lowest BCUT2D eigenvalue weighted by Crippen LogP contribution is -2.41. The normalized spacial score (nSPS) is 28.2. The molecule has 1 rings (SSSR count). The molecule has 1 heterocycles. The Morgan fingerprint density at radius 1 is 1.56 bits per heavy atom. The van der Waals surface area contributed by atoms with E-state index in [2.05, 4.69) is 6.55 Å². The van der Waals surface area contributed by atoms with Crippen LogP contribution >= 0.6 is 0 Å². The van der Waals surface area contributed by atoms with Crippen molar-refractivity contribution >= 4 is 15.5 Å². The fraction of sp³-hybridized carbons (Fsp3) is 0.917. The van der Waals surface area contributed by atoms with Gasteiger partial charge in [-0.25, -0.2) is 0 Å². The van der Waals surface area contributed by atoms with Crippen LogP contribution in [0.5, 0.6) is 0 Å². The second-order valence-corrected chi connectivity index (χ2v) is 6.80. The maximum Gasteiger partial charge on any atom is 0.302 e. The minimum Gasteiger partial charge on any atom is -0.463 e. The van der Waals surface area contributed by atoms with Gasteiger partial charge >= 0.3 is 5.97 Å². The van der Waals surface area contributed by atoms with Gasteiger partial charge in [-0.1, -0.05) is 6.55 Å². The summed E-state index contributed by atoms with van der Waals surface area (Å²) in [5, 5.41) is 0.187. The van der Waals surface area contributed by atoms with Crippen LogP contribution in [-0.2, 0) is 14.3 Å². The van der Waals surface area contributed by atoms with E-state index >= 15 is 0 Å². The van der Waals surface area contributed by atoms with Gasteiger partial charge in [0, 0.05) is 13.5 Å². The van der Waals surface area contributed by atoms with E-state index in [-0.39, 0.29) is 26.8 Å². The van der Waals surface area contributed by atoms with Crippen molar-refractivity contribution in [3.8, 4) is 0 Å². The van der Waals surface area contributed by atoms with Crippen LogP contribution in [0.25, 0.3) is 0 Å². The van der Waals surface area contributed by atoms with Gasteiger partial charge in [-0.15, -0.1) is 0 Å². The molecule has 1 aliphatic heterocycles. The highest BCUT2D eigenvalue weighted by Crippen LogP contribution is 2.29. The Morgan fingerprint density at radius 2 is 2.31 bits per heavy atom. The van der Waals surface area contributed by atoms with E-state index in [1.165, 1.54) is 26.2 Å². The first-order valence-corrected chi connectivity index (χ1v) is 8.51. The molecule has 2 unspecified atom stereocenters. The van der Waals surface area contributed by atoms with Crippen LogP contribution in [-0.4, -0.2) is 33.4 Å². The monoisotopic (exact) mass is 244 g/mol. The molecule has 0 saturated carbocycles. The second kappa shape index (κ2) is 6.40. The minimum atomic E-state index is -0.181. The summed E-state index contributed by atoms with van der Waals surface area (Å²) in [4.78, 5) is 10.8. The van der Waals surface area contributed by atoms with E-state index in [0.717, 1.165) is 19.4 Å². The molecule has 0 aromatic carbocycles. The fourth-order valence-corrected chi connectivity index (χ4v) is 3.88. The second-order valence-electron chi connectivity index (χ2n) is 4.80. The third kappa shape index (κ3) is 4.26. The summed E-state index contributed by atoms with van der Waals surface area (Å²) in [6, 6.07) is 0. The SMILES string of the molecule is C[SiH2]C1(CCC(C)OC(C)=O)CCCCO1. The van der Waals surface area contributed by atoms with Gasteiger partial charge in [0.25, 0.3) is 0 Å². The van der Waals surface area contributed by atoms with E-state index in [1.54, 1.807) is 0 Å². The first-order chi connectivity index (χ1) is 7.58. The lowest BCUT2D eigenvalue weighted by molar-refractivity contribution is -0.146. The van der Waals surface area contributed by atoms with Crippen LogP contribution in [0, 0.1) is 0 Å². The van der Waals surface area contributed by atoms with Gasteiger partial charge in [0.15, 0.2) is 0 Å². The maximum absolute atomic E-state index is 10.8. The number of ether oxygens (including phenoxy) is 2. The highest BCUT2D eigenvalue weighted by Gasteiger charge is 2.31. The number of esters is 1. The highest BCUT2D eigenvalue weighted by atomic mass is 28.2. The quantitative estimate of drug-likeness (QED) is 0.547. The molecular formula is C12H24O3Si. The Balaban J connectivity index is 2.35.